The minimum Gasteiger partial charge on any atom is -0.478 e. The Hall–Kier alpha value is -8.94. The lowest BCUT2D eigenvalue weighted by Crippen LogP contribution is -2.38. The Morgan fingerprint density at radius 1 is 0.382 bits per heavy atom. The molecule has 0 spiro atoms. The highest BCUT2D eigenvalue weighted by Crippen LogP contribution is 2.49. The minimum atomic E-state index is -0.363. The number of hydrogen-bond donors (Lipinski definition) is 1. The van der Waals surface area contributed by atoms with E-state index in [1.165, 1.54) is 5.56 Å². The second-order valence-corrected chi connectivity index (χ2v) is 17.0. The van der Waals surface area contributed by atoms with Crippen molar-refractivity contribution in [1.29, 1.82) is 0 Å². The van der Waals surface area contributed by atoms with Gasteiger partial charge in [0.05, 0.1) is 11.4 Å². The summed E-state index contributed by atoms with van der Waals surface area (Å²) in [5.74, 6) is 2.89. The average molecular weight is 878 g/mol. The van der Waals surface area contributed by atoms with Crippen molar-refractivity contribution in [3.05, 3.63) is 254 Å². The van der Waals surface area contributed by atoms with Crippen LogP contribution in [0, 0.1) is 0 Å². The van der Waals surface area contributed by atoms with Crippen LogP contribution in [0.25, 0.3) is 67.0 Å². The Labute approximate surface area is 395 Å². The monoisotopic (exact) mass is 877 g/mol. The molecule has 0 saturated heterocycles. The van der Waals surface area contributed by atoms with Gasteiger partial charge < -0.3 is 14.8 Å². The first-order valence-corrected chi connectivity index (χ1v) is 22.9. The van der Waals surface area contributed by atoms with E-state index in [9.17, 15) is 0 Å². The quantitative estimate of drug-likeness (QED) is 0.156. The summed E-state index contributed by atoms with van der Waals surface area (Å²) < 4.78 is 13.7. The van der Waals surface area contributed by atoms with Crippen molar-refractivity contribution < 1.29 is 9.47 Å². The van der Waals surface area contributed by atoms with Gasteiger partial charge in [-0.05, 0) is 106 Å². The Bertz CT molecular complexity index is 3330. The van der Waals surface area contributed by atoms with E-state index in [0.29, 0.717) is 5.84 Å². The molecule has 0 saturated carbocycles. The molecule has 0 radical (unpaired) electrons. The van der Waals surface area contributed by atoms with E-state index in [4.69, 9.17) is 19.5 Å². The first kappa shape index (κ1) is 40.6. The van der Waals surface area contributed by atoms with Crippen LogP contribution in [-0.4, -0.2) is 33.8 Å². The van der Waals surface area contributed by atoms with Crippen molar-refractivity contribution in [2.24, 2.45) is 9.98 Å². The first-order valence-electron chi connectivity index (χ1n) is 22.9. The summed E-state index contributed by atoms with van der Waals surface area (Å²) in [4.78, 5) is 19.5. The Morgan fingerprint density at radius 2 is 0.838 bits per heavy atom. The maximum Gasteiger partial charge on any atom is 0.170 e. The fourth-order valence-corrected chi connectivity index (χ4v) is 9.08. The zero-order valence-electron chi connectivity index (χ0n) is 36.9. The predicted octanol–water partition coefficient (Wildman–Crippen LogP) is 13.6. The second-order valence-electron chi connectivity index (χ2n) is 17.0. The van der Waals surface area contributed by atoms with Crippen LogP contribution in [0.4, 0.5) is 0 Å². The topological polar surface area (TPSA) is 81.0 Å². The number of fused-ring (bicyclic) bond motifs is 2. The SMILES string of the molecule is C1=CC2Oc3c(-c4ccc(-c5cc(-c6ccccn6)cc(-c6ccccn6)c5)cc4)ccc(-c4ccc(C5N=C(c6ccc(-c7ccccc7)cc6)N=C(c6ccccc6)N5)cc4)c3OC2C=C1. The molecule has 68 heavy (non-hydrogen) atoms. The summed E-state index contributed by atoms with van der Waals surface area (Å²) in [7, 11) is 0. The number of ether oxygens (including phenoxy) is 2. The number of allylic oxidation sites excluding steroid dienone is 2. The number of amidine groups is 2. The number of aliphatic imine (C=N–C) groups is 2. The fraction of sp³-hybridized carbons (Fsp3) is 0.0492. The van der Waals surface area contributed by atoms with E-state index < -0.39 is 0 Å². The molecule has 0 fully saturated rings. The Kier molecular flexibility index (Phi) is 10.6. The highest BCUT2D eigenvalue weighted by Gasteiger charge is 2.33. The highest BCUT2D eigenvalue weighted by atomic mass is 16.6. The van der Waals surface area contributed by atoms with Crippen LogP contribution in [0.1, 0.15) is 22.9 Å². The van der Waals surface area contributed by atoms with Crippen LogP contribution in [0.15, 0.2) is 247 Å². The van der Waals surface area contributed by atoms with Gasteiger partial charge in [-0.3, -0.25) is 9.97 Å². The number of nitrogens with one attached hydrogen (secondary N) is 1. The summed E-state index contributed by atoms with van der Waals surface area (Å²) in [6.45, 7) is 0. The van der Waals surface area contributed by atoms with Crippen molar-refractivity contribution in [2.45, 2.75) is 18.4 Å². The summed E-state index contributed by atoms with van der Waals surface area (Å²) in [6, 6.07) is 69.1. The maximum atomic E-state index is 6.87. The Morgan fingerprint density at radius 3 is 1.38 bits per heavy atom. The summed E-state index contributed by atoms with van der Waals surface area (Å²) in [6.07, 6.45) is 11.0. The molecule has 0 amide bonds. The second kappa shape index (κ2) is 17.8. The number of pyridine rings is 2. The zero-order valence-corrected chi connectivity index (χ0v) is 36.9. The number of rotatable bonds is 9. The molecule has 4 heterocycles. The number of nitrogens with zero attached hydrogens (tertiary/aromatic N) is 4. The summed E-state index contributed by atoms with van der Waals surface area (Å²) in [5.41, 5.74) is 15.3. The summed E-state index contributed by atoms with van der Waals surface area (Å²) >= 11 is 0. The largest absolute Gasteiger partial charge is 0.478 e. The van der Waals surface area contributed by atoms with Crippen molar-refractivity contribution >= 4 is 11.7 Å². The molecule has 12 rings (SSSR count). The Balaban J connectivity index is 0.872. The van der Waals surface area contributed by atoms with E-state index in [2.05, 4.69) is 167 Å². The smallest absolute Gasteiger partial charge is 0.170 e. The van der Waals surface area contributed by atoms with Crippen molar-refractivity contribution in [2.75, 3.05) is 0 Å². The van der Waals surface area contributed by atoms with Crippen molar-refractivity contribution in [3.8, 4) is 78.5 Å². The zero-order chi connectivity index (χ0) is 45.2. The van der Waals surface area contributed by atoms with Gasteiger partial charge in [-0.15, -0.1) is 0 Å². The lowest BCUT2D eigenvalue weighted by atomic mass is 9.93. The van der Waals surface area contributed by atoms with E-state index in [1.54, 1.807) is 0 Å². The first-order chi connectivity index (χ1) is 33.7. The minimum absolute atomic E-state index is 0.248. The third-order valence-corrected chi connectivity index (χ3v) is 12.6. The molecule has 3 atom stereocenters. The molecular formula is C61H43N5O2. The average Bonchev–Trinajstić information content (AvgIpc) is 3.43. The van der Waals surface area contributed by atoms with Crippen LogP contribution in [-0.2, 0) is 0 Å². The van der Waals surface area contributed by atoms with E-state index in [1.807, 2.05) is 85.2 Å². The van der Waals surface area contributed by atoms with Crippen LogP contribution in [0.2, 0.25) is 0 Å². The predicted molar refractivity (Wildman–Crippen MR) is 274 cm³/mol. The number of hydrogen-bond acceptors (Lipinski definition) is 7. The summed E-state index contributed by atoms with van der Waals surface area (Å²) in [5, 5.41) is 3.62. The van der Waals surface area contributed by atoms with E-state index in [0.717, 1.165) is 95.5 Å². The molecule has 7 nitrogen and oxygen atoms in total. The molecular weight excluding hydrogens is 835 g/mol. The van der Waals surface area contributed by atoms with Gasteiger partial charge in [0.2, 0.25) is 0 Å². The lowest BCUT2D eigenvalue weighted by Gasteiger charge is -2.34. The molecule has 7 heteroatoms. The molecule has 2 aliphatic heterocycles. The molecule has 9 aromatic rings. The van der Waals surface area contributed by atoms with Gasteiger partial charge in [0.15, 0.2) is 29.5 Å². The molecule has 1 aliphatic carbocycles. The van der Waals surface area contributed by atoms with Crippen LogP contribution < -0.4 is 14.8 Å². The standard InChI is InChI=1S/C61H43N5O2/c1-3-13-40(14-4-1)41-23-29-46(30-24-41)60-64-59(45-15-5-2-6-16-45)65-61(66-60)47-31-27-44(28-32-47)52-34-33-51(57-58(52)68-56-20-8-7-19-55(56)67-57)43-25-21-42(22-26-43)48-37-49(53-17-9-11-35-62-53)39-50(38-48)54-18-10-12-36-63-54/h1-39,55-56,61H,(H,64,65,66). The van der Waals surface area contributed by atoms with Crippen LogP contribution in [0.5, 0.6) is 11.5 Å². The van der Waals surface area contributed by atoms with Gasteiger partial charge in [0.25, 0.3) is 0 Å². The van der Waals surface area contributed by atoms with Crippen LogP contribution in [0.3, 0.4) is 0 Å². The van der Waals surface area contributed by atoms with Crippen LogP contribution >= 0.6 is 0 Å². The third kappa shape index (κ3) is 8.07. The molecule has 324 valence electrons. The maximum absolute atomic E-state index is 6.87. The lowest BCUT2D eigenvalue weighted by molar-refractivity contribution is 0.0769. The molecule has 1 N–H and O–H groups in total. The molecule has 3 aliphatic rings. The van der Waals surface area contributed by atoms with E-state index >= 15 is 0 Å². The molecule has 2 aromatic heterocycles. The third-order valence-electron chi connectivity index (χ3n) is 12.6. The number of benzene rings is 7. The molecule has 3 unspecified atom stereocenters. The molecule has 7 aromatic carbocycles. The van der Waals surface area contributed by atoms with Crippen molar-refractivity contribution in [3.63, 3.8) is 0 Å². The normalized spacial score (nSPS) is 16.8. The highest BCUT2D eigenvalue weighted by molar-refractivity contribution is 6.13. The van der Waals surface area contributed by atoms with Gasteiger partial charge in [-0.25, -0.2) is 9.98 Å². The van der Waals surface area contributed by atoms with Gasteiger partial charge >= 0.3 is 0 Å². The van der Waals surface area contributed by atoms with E-state index in [-0.39, 0.29) is 18.4 Å². The number of aromatic nitrogens is 2. The van der Waals surface area contributed by atoms with Gasteiger partial charge in [-0.2, -0.15) is 0 Å². The van der Waals surface area contributed by atoms with Gasteiger partial charge in [0.1, 0.15) is 12.0 Å². The fourth-order valence-electron chi connectivity index (χ4n) is 9.08. The van der Waals surface area contributed by atoms with Crippen molar-refractivity contribution in [1.82, 2.24) is 15.3 Å². The van der Waals surface area contributed by atoms with Gasteiger partial charge in [0, 0.05) is 45.8 Å². The van der Waals surface area contributed by atoms with Gasteiger partial charge in [-0.1, -0.05) is 158 Å². The molecule has 0 bridgehead atoms.